The van der Waals surface area contributed by atoms with Crippen LogP contribution in [0.4, 0.5) is 0 Å². The molecule has 0 saturated heterocycles. The lowest BCUT2D eigenvalue weighted by Crippen LogP contribution is -2.33. The summed E-state index contributed by atoms with van der Waals surface area (Å²) in [6.07, 6.45) is 0. The fourth-order valence-electron chi connectivity index (χ4n) is 2.20. The molecule has 7 nitrogen and oxygen atoms in total. The van der Waals surface area contributed by atoms with Crippen LogP contribution in [0.25, 0.3) is 0 Å². The van der Waals surface area contributed by atoms with Gasteiger partial charge in [-0.2, -0.15) is 0 Å². The van der Waals surface area contributed by atoms with E-state index in [0.717, 1.165) is 0 Å². The highest BCUT2D eigenvalue weighted by atomic mass is 16.5. The molecule has 0 unspecified atom stereocenters. The highest BCUT2D eigenvalue weighted by Gasteiger charge is 2.21. The number of likely N-dealkylation sites (N-methyl/N-ethyl adjacent to an activating group) is 1. The van der Waals surface area contributed by atoms with Crippen LogP contribution >= 0.6 is 0 Å². The molecule has 1 aromatic carbocycles. The fraction of sp³-hybridized carbons (Fsp3) is 0.556. The van der Waals surface area contributed by atoms with Crippen LogP contribution in [-0.4, -0.2) is 56.8 Å². The predicted octanol–water partition coefficient (Wildman–Crippen LogP) is 2.52. The summed E-state index contributed by atoms with van der Waals surface area (Å²) in [4.78, 5) is 25.5. The van der Waals surface area contributed by atoms with E-state index in [2.05, 4.69) is 0 Å². The Bertz CT molecular complexity index is 560. The maximum atomic E-state index is 12.6. The van der Waals surface area contributed by atoms with Crippen molar-refractivity contribution in [3.63, 3.8) is 0 Å². The second-order valence-corrected chi connectivity index (χ2v) is 5.07. The molecule has 0 aromatic heterocycles. The van der Waals surface area contributed by atoms with Crippen LogP contribution in [-0.2, 0) is 9.53 Å². The topological polar surface area (TPSA) is 74.3 Å². The standard InChI is InChI=1S/C18H27NO6/c1-6-22-14-10-13(11-15(23-7-2)17(14)25-9-4)18(21)19(5)12-16(20)24-8-3/h10-11H,6-9,12H2,1-5H3. The van der Waals surface area contributed by atoms with Crippen LogP contribution in [0.2, 0.25) is 0 Å². The van der Waals surface area contributed by atoms with E-state index in [1.807, 2.05) is 20.8 Å². The molecule has 0 bridgehead atoms. The molecule has 1 rings (SSSR count). The molecular weight excluding hydrogens is 326 g/mol. The first-order valence-corrected chi connectivity index (χ1v) is 8.45. The average molecular weight is 353 g/mol. The zero-order valence-corrected chi connectivity index (χ0v) is 15.6. The van der Waals surface area contributed by atoms with Gasteiger partial charge in [-0.05, 0) is 39.8 Å². The van der Waals surface area contributed by atoms with Crippen molar-refractivity contribution in [3.8, 4) is 17.2 Å². The Morgan fingerprint density at radius 2 is 1.40 bits per heavy atom. The Morgan fingerprint density at radius 3 is 1.84 bits per heavy atom. The van der Waals surface area contributed by atoms with E-state index in [1.54, 1.807) is 19.1 Å². The van der Waals surface area contributed by atoms with E-state index in [1.165, 1.54) is 11.9 Å². The van der Waals surface area contributed by atoms with Crippen molar-refractivity contribution >= 4 is 11.9 Å². The first-order valence-electron chi connectivity index (χ1n) is 8.45. The van der Waals surface area contributed by atoms with Gasteiger partial charge in [-0.1, -0.05) is 0 Å². The van der Waals surface area contributed by atoms with Gasteiger partial charge in [-0.3, -0.25) is 9.59 Å². The van der Waals surface area contributed by atoms with Crippen molar-refractivity contribution in [2.24, 2.45) is 0 Å². The number of carbonyl (C=O) groups is 2. The van der Waals surface area contributed by atoms with Crippen LogP contribution in [0, 0.1) is 0 Å². The summed E-state index contributed by atoms with van der Waals surface area (Å²) in [5.41, 5.74) is 0.349. The lowest BCUT2D eigenvalue weighted by atomic mass is 10.1. The van der Waals surface area contributed by atoms with E-state index in [0.29, 0.717) is 42.6 Å². The van der Waals surface area contributed by atoms with Crippen molar-refractivity contribution in [2.75, 3.05) is 40.0 Å². The van der Waals surface area contributed by atoms with Gasteiger partial charge in [0, 0.05) is 12.6 Å². The molecule has 0 saturated carbocycles. The lowest BCUT2D eigenvalue weighted by molar-refractivity contribution is -0.143. The molecule has 25 heavy (non-hydrogen) atoms. The maximum absolute atomic E-state index is 12.6. The zero-order chi connectivity index (χ0) is 18.8. The van der Waals surface area contributed by atoms with E-state index < -0.39 is 5.97 Å². The van der Waals surface area contributed by atoms with Gasteiger partial charge in [0.05, 0.1) is 26.4 Å². The average Bonchev–Trinajstić information content (AvgIpc) is 2.57. The minimum absolute atomic E-state index is 0.131. The van der Waals surface area contributed by atoms with E-state index >= 15 is 0 Å². The molecule has 0 fully saturated rings. The number of hydrogen-bond donors (Lipinski definition) is 0. The number of esters is 1. The molecule has 0 radical (unpaired) electrons. The van der Waals surface area contributed by atoms with Crippen molar-refractivity contribution in [1.29, 1.82) is 0 Å². The number of carbonyl (C=O) groups excluding carboxylic acids is 2. The highest BCUT2D eigenvalue weighted by molar-refractivity contribution is 5.97. The Hall–Kier alpha value is -2.44. The summed E-state index contributed by atoms with van der Waals surface area (Å²) in [5.74, 6) is 0.541. The predicted molar refractivity (Wildman–Crippen MR) is 93.5 cm³/mol. The van der Waals surface area contributed by atoms with Gasteiger partial charge in [0.25, 0.3) is 5.91 Å². The van der Waals surface area contributed by atoms with Crippen LogP contribution in [0.1, 0.15) is 38.1 Å². The molecule has 1 aromatic rings. The summed E-state index contributed by atoms with van der Waals surface area (Å²) in [5, 5.41) is 0. The summed E-state index contributed by atoms with van der Waals surface area (Å²) < 4.78 is 21.7. The van der Waals surface area contributed by atoms with Crippen LogP contribution < -0.4 is 14.2 Å². The largest absolute Gasteiger partial charge is 0.490 e. The Morgan fingerprint density at radius 1 is 0.880 bits per heavy atom. The third-order valence-electron chi connectivity index (χ3n) is 3.17. The number of nitrogens with zero attached hydrogens (tertiary/aromatic N) is 1. The second-order valence-electron chi connectivity index (χ2n) is 5.07. The number of hydrogen-bond acceptors (Lipinski definition) is 6. The second kappa shape index (κ2) is 10.4. The first kappa shape index (κ1) is 20.6. The van der Waals surface area contributed by atoms with Crippen molar-refractivity contribution < 1.29 is 28.5 Å². The molecule has 0 heterocycles. The zero-order valence-electron chi connectivity index (χ0n) is 15.6. The molecule has 0 N–H and O–H groups in total. The molecule has 0 aliphatic rings. The third kappa shape index (κ3) is 5.85. The Balaban J connectivity index is 3.16. The van der Waals surface area contributed by atoms with Crippen molar-refractivity contribution in [1.82, 2.24) is 4.90 Å². The van der Waals surface area contributed by atoms with Gasteiger partial charge in [0.15, 0.2) is 11.5 Å². The number of amides is 1. The highest BCUT2D eigenvalue weighted by Crippen LogP contribution is 2.39. The number of ether oxygens (including phenoxy) is 4. The summed E-state index contributed by atoms with van der Waals surface area (Å²) in [7, 11) is 1.54. The van der Waals surface area contributed by atoms with Gasteiger partial charge < -0.3 is 23.8 Å². The SMILES string of the molecule is CCOC(=O)CN(C)C(=O)c1cc(OCC)c(OCC)c(OCC)c1. The molecule has 0 aliphatic carbocycles. The van der Waals surface area contributed by atoms with Gasteiger partial charge >= 0.3 is 5.97 Å². The Labute approximate surface area is 148 Å². The third-order valence-corrected chi connectivity index (χ3v) is 3.17. The van der Waals surface area contributed by atoms with E-state index in [-0.39, 0.29) is 19.1 Å². The fourth-order valence-corrected chi connectivity index (χ4v) is 2.20. The van der Waals surface area contributed by atoms with E-state index in [4.69, 9.17) is 18.9 Å². The van der Waals surface area contributed by atoms with Crippen molar-refractivity contribution in [2.45, 2.75) is 27.7 Å². The molecule has 0 spiro atoms. The monoisotopic (exact) mass is 353 g/mol. The molecule has 0 aliphatic heterocycles. The smallest absolute Gasteiger partial charge is 0.325 e. The first-order chi connectivity index (χ1) is 12.0. The van der Waals surface area contributed by atoms with Crippen LogP contribution in [0.5, 0.6) is 17.2 Å². The molecule has 0 atom stereocenters. The van der Waals surface area contributed by atoms with Gasteiger partial charge in [0.2, 0.25) is 5.75 Å². The lowest BCUT2D eigenvalue weighted by Gasteiger charge is -2.20. The number of rotatable bonds is 10. The van der Waals surface area contributed by atoms with Crippen LogP contribution in [0.15, 0.2) is 12.1 Å². The normalized spacial score (nSPS) is 10.1. The van der Waals surface area contributed by atoms with Gasteiger partial charge in [-0.15, -0.1) is 0 Å². The van der Waals surface area contributed by atoms with Gasteiger partial charge in [0.1, 0.15) is 6.54 Å². The van der Waals surface area contributed by atoms with Gasteiger partial charge in [-0.25, -0.2) is 0 Å². The quantitative estimate of drug-likeness (QED) is 0.602. The maximum Gasteiger partial charge on any atom is 0.325 e. The minimum Gasteiger partial charge on any atom is -0.490 e. The van der Waals surface area contributed by atoms with Crippen LogP contribution in [0.3, 0.4) is 0 Å². The summed E-state index contributed by atoms with van der Waals surface area (Å²) >= 11 is 0. The Kier molecular flexibility index (Phi) is 8.60. The summed E-state index contributed by atoms with van der Waals surface area (Å²) in [6, 6.07) is 3.20. The molecule has 140 valence electrons. The molecular formula is C18H27NO6. The van der Waals surface area contributed by atoms with E-state index in [9.17, 15) is 9.59 Å². The minimum atomic E-state index is -0.459. The molecule has 7 heteroatoms. The number of benzene rings is 1. The summed E-state index contributed by atoms with van der Waals surface area (Å²) in [6.45, 7) is 8.68. The molecule has 1 amide bonds. The van der Waals surface area contributed by atoms with Crippen molar-refractivity contribution in [3.05, 3.63) is 17.7 Å².